The Hall–Kier alpha value is -1.08. The summed E-state index contributed by atoms with van der Waals surface area (Å²) in [5.74, 6) is 0.109. The maximum Gasteiger partial charge on any atom is 0.300 e. The second-order valence-corrected chi connectivity index (χ2v) is 5.41. The van der Waals surface area contributed by atoms with Gasteiger partial charge in [0.25, 0.3) is 0 Å². The average Bonchev–Trinajstić information content (AvgIpc) is 2.72. The van der Waals surface area contributed by atoms with Gasteiger partial charge >= 0.3 is 6.17 Å². The van der Waals surface area contributed by atoms with E-state index in [2.05, 4.69) is 10.2 Å². The molecule has 0 spiro atoms. The SMILES string of the molecule is [C-]#[N+][C@@H]1CCCN1C(=O)CNC1CCCCCC1. The summed E-state index contributed by atoms with van der Waals surface area (Å²) < 4.78 is 0. The van der Waals surface area contributed by atoms with Crippen molar-refractivity contribution in [3.05, 3.63) is 11.4 Å². The lowest BCUT2D eigenvalue weighted by atomic mass is 10.1. The van der Waals surface area contributed by atoms with E-state index in [0.29, 0.717) is 12.6 Å². The van der Waals surface area contributed by atoms with Crippen LogP contribution >= 0.6 is 0 Å². The molecule has 0 aromatic rings. The topological polar surface area (TPSA) is 36.7 Å². The lowest BCUT2D eigenvalue weighted by molar-refractivity contribution is -0.130. The van der Waals surface area contributed by atoms with Gasteiger partial charge in [-0.2, -0.15) is 0 Å². The predicted octanol–water partition coefficient (Wildman–Crippen LogP) is 2.17. The highest BCUT2D eigenvalue weighted by atomic mass is 16.2. The summed E-state index contributed by atoms with van der Waals surface area (Å²) in [6, 6.07) is 0.505. The number of carbonyl (C=O) groups excluding carboxylic acids is 1. The largest absolute Gasteiger partial charge is 0.306 e. The zero-order valence-corrected chi connectivity index (χ0v) is 11.0. The lowest BCUT2D eigenvalue weighted by Crippen LogP contribution is -2.42. The van der Waals surface area contributed by atoms with Crippen LogP contribution in [0.4, 0.5) is 0 Å². The van der Waals surface area contributed by atoms with Crippen LogP contribution in [0.25, 0.3) is 4.85 Å². The van der Waals surface area contributed by atoms with Crippen molar-refractivity contribution in [2.45, 2.75) is 63.6 Å². The monoisotopic (exact) mass is 249 g/mol. The molecular weight excluding hydrogens is 226 g/mol. The van der Waals surface area contributed by atoms with Crippen LogP contribution in [0.1, 0.15) is 51.4 Å². The molecule has 0 aromatic carbocycles. The maximum absolute atomic E-state index is 12.1. The van der Waals surface area contributed by atoms with E-state index in [9.17, 15) is 4.79 Å². The molecule has 1 aliphatic carbocycles. The molecule has 1 heterocycles. The van der Waals surface area contributed by atoms with E-state index in [1.54, 1.807) is 4.90 Å². The third kappa shape index (κ3) is 3.46. The number of rotatable bonds is 3. The standard InChI is InChI=1S/C14H23N3O/c1-15-13-9-6-10-17(13)14(18)11-16-12-7-4-2-3-5-8-12/h12-13,16H,2-11H2/t13-/m0/s1. The highest BCUT2D eigenvalue weighted by molar-refractivity contribution is 5.79. The van der Waals surface area contributed by atoms with Crippen molar-refractivity contribution in [1.82, 2.24) is 10.2 Å². The van der Waals surface area contributed by atoms with Crippen molar-refractivity contribution >= 4 is 5.91 Å². The average molecular weight is 249 g/mol. The van der Waals surface area contributed by atoms with Crippen molar-refractivity contribution in [3.63, 3.8) is 0 Å². The van der Waals surface area contributed by atoms with Crippen LogP contribution in [0, 0.1) is 6.57 Å². The fourth-order valence-electron chi connectivity index (χ4n) is 2.99. The van der Waals surface area contributed by atoms with Crippen molar-refractivity contribution < 1.29 is 4.79 Å². The molecular formula is C14H23N3O. The first-order valence-electron chi connectivity index (χ1n) is 7.20. The Labute approximate surface area is 110 Å². The number of likely N-dealkylation sites (tertiary alicyclic amines) is 1. The fourth-order valence-corrected chi connectivity index (χ4v) is 2.99. The van der Waals surface area contributed by atoms with Gasteiger partial charge in [-0.3, -0.25) is 14.5 Å². The first-order valence-corrected chi connectivity index (χ1v) is 7.20. The van der Waals surface area contributed by atoms with Gasteiger partial charge in [0.05, 0.1) is 6.54 Å². The summed E-state index contributed by atoms with van der Waals surface area (Å²) >= 11 is 0. The molecule has 0 unspecified atom stereocenters. The van der Waals surface area contributed by atoms with Gasteiger partial charge in [0, 0.05) is 19.0 Å². The normalized spacial score (nSPS) is 25.7. The van der Waals surface area contributed by atoms with Crippen LogP contribution in [-0.2, 0) is 4.79 Å². The quantitative estimate of drug-likeness (QED) is 0.615. The second-order valence-electron chi connectivity index (χ2n) is 5.41. The maximum atomic E-state index is 12.1. The highest BCUT2D eigenvalue weighted by Crippen LogP contribution is 2.19. The first kappa shape index (κ1) is 13.4. The molecule has 100 valence electrons. The van der Waals surface area contributed by atoms with E-state index in [-0.39, 0.29) is 12.1 Å². The molecule has 1 saturated carbocycles. The molecule has 1 N–H and O–H groups in total. The Kier molecular flexibility index (Phi) is 5.00. The Morgan fingerprint density at radius 2 is 1.89 bits per heavy atom. The number of nitrogens with zero attached hydrogens (tertiary/aromatic N) is 2. The van der Waals surface area contributed by atoms with E-state index in [1.807, 2.05) is 0 Å². The molecule has 1 atom stereocenters. The van der Waals surface area contributed by atoms with Crippen molar-refractivity contribution in [2.75, 3.05) is 13.1 Å². The third-order valence-corrected chi connectivity index (χ3v) is 4.09. The summed E-state index contributed by atoms with van der Waals surface area (Å²) in [6.07, 6.45) is 9.23. The van der Waals surface area contributed by atoms with E-state index in [4.69, 9.17) is 6.57 Å². The van der Waals surface area contributed by atoms with Crippen LogP contribution in [0.2, 0.25) is 0 Å². The number of amides is 1. The molecule has 18 heavy (non-hydrogen) atoms. The molecule has 1 aliphatic heterocycles. The van der Waals surface area contributed by atoms with Crippen LogP contribution in [0.5, 0.6) is 0 Å². The van der Waals surface area contributed by atoms with E-state index in [1.165, 1.54) is 38.5 Å². The fraction of sp³-hybridized carbons (Fsp3) is 0.857. The Bertz CT molecular complexity index is 315. The number of nitrogens with one attached hydrogen (secondary N) is 1. The third-order valence-electron chi connectivity index (χ3n) is 4.09. The molecule has 1 amide bonds. The number of hydrogen-bond donors (Lipinski definition) is 1. The van der Waals surface area contributed by atoms with Crippen molar-refractivity contribution in [1.29, 1.82) is 0 Å². The Morgan fingerprint density at radius 3 is 2.56 bits per heavy atom. The van der Waals surface area contributed by atoms with Gasteiger partial charge in [0.2, 0.25) is 5.91 Å². The van der Waals surface area contributed by atoms with Gasteiger partial charge in [-0.05, 0) is 19.3 Å². The molecule has 0 aromatic heterocycles. The minimum absolute atomic E-state index is 0.109. The first-order chi connectivity index (χ1) is 8.81. The minimum atomic E-state index is -0.201. The molecule has 2 rings (SSSR count). The smallest absolute Gasteiger partial charge is 0.300 e. The summed E-state index contributed by atoms with van der Waals surface area (Å²) in [7, 11) is 0. The van der Waals surface area contributed by atoms with Crippen LogP contribution in [0.3, 0.4) is 0 Å². The van der Waals surface area contributed by atoms with E-state index >= 15 is 0 Å². The summed E-state index contributed by atoms with van der Waals surface area (Å²) in [4.78, 5) is 17.3. The number of hydrogen-bond acceptors (Lipinski definition) is 2. The zero-order chi connectivity index (χ0) is 12.8. The highest BCUT2D eigenvalue weighted by Gasteiger charge is 2.32. The molecule has 2 fully saturated rings. The van der Waals surface area contributed by atoms with Gasteiger partial charge in [0.1, 0.15) is 0 Å². The van der Waals surface area contributed by atoms with Gasteiger partial charge in [-0.1, -0.05) is 25.7 Å². The van der Waals surface area contributed by atoms with Gasteiger partial charge in [-0.15, -0.1) is 0 Å². The molecule has 4 nitrogen and oxygen atoms in total. The van der Waals surface area contributed by atoms with E-state index < -0.39 is 0 Å². The summed E-state index contributed by atoms with van der Waals surface area (Å²) in [5.41, 5.74) is 0. The van der Waals surface area contributed by atoms with Gasteiger partial charge in [0.15, 0.2) is 0 Å². The van der Waals surface area contributed by atoms with Crippen LogP contribution in [0.15, 0.2) is 0 Å². The van der Waals surface area contributed by atoms with Gasteiger partial charge in [-0.25, -0.2) is 6.57 Å². The van der Waals surface area contributed by atoms with Crippen LogP contribution < -0.4 is 5.32 Å². The number of carbonyl (C=O) groups is 1. The second kappa shape index (κ2) is 6.75. The molecule has 1 saturated heterocycles. The zero-order valence-electron chi connectivity index (χ0n) is 11.0. The Morgan fingerprint density at radius 1 is 1.17 bits per heavy atom. The Balaban J connectivity index is 1.75. The van der Waals surface area contributed by atoms with Crippen LogP contribution in [-0.4, -0.2) is 36.1 Å². The molecule has 2 aliphatic rings. The van der Waals surface area contributed by atoms with Crippen molar-refractivity contribution in [2.24, 2.45) is 0 Å². The molecule has 0 radical (unpaired) electrons. The summed E-state index contributed by atoms with van der Waals surface area (Å²) in [5, 5.41) is 3.39. The lowest BCUT2D eigenvalue weighted by Gasteiger charge is -2.20. The van der Waals surface area contributed by atoms with E-state index in [0.717, 1.165) is 19.4 Å². The van der Waals surface area contributed by atoms with Gasteiger partial charge < -0.3 is 5.32 Å². The summed E-state index contributed by atoms with van der Waals surface area (Å²) in [6.45, 7) is 8.27. The molecule has 0 bridgehead atoms. The predicted molar refractivity (Wildman–Crippen MR) is 70.8 cm³/mol. The minimum Gasteiger partial charge on any atom is -0.306 e. The molecule has 4 heteroatoms. The van der Waals surface area contributed by atoms with Crippen molar-refractivity contribution in [3.8, 4) is 0 Å².